The van der Waals surface area contributed by atoms with Crippen molar-refractivity contribution >= 4 is 30.0 Å². The number of carboxylic acid groups (broad SMARTS) is 2. The summed E-state index contributed by atoms with van der Waals surface area (Å²) in [4.78, 5) is 46.5. The van der Waals surface area contributed by atoms with Crippen molar-refractivity contribution in [1.82, 2.24) is 10.2 Å². The molecule has 2 aromatic carbocycles. The molecule has 3 N–H and O–H groups in total. The third-order valence-corrected chi connectivity index (χ3v) is 4.32. The molecule has 0 aromatic heterocycles. The lowest BCUT2D eigenvalue weighted by molar-refractivity contribution is -0.140. The highest BCUT2D eigenvalue weighted by atomic mass is 16.5. The van der Waals surface area contributed by atoms with E-state index >= 15 is 0 Å². The Balaban J connectivity index is 1.76. The number of amides is 3. The van der Waals surface area contributed by atoms with E-state index in [1.807, 2.05) is 0 Å². The topological polar surface area (TPSA) is 142 Å². The molecular formula is C21H18N2O8. The first-order valence-corrected chi connectivity index (χ1v) is 8.98. The van der Waals surface area contributed by atoms with Crippen molar-refractivity contribution in [1.29, 1.82) is 0 Å². The van der Waals surface area contributed by atoms with Crippen LogP contribution in [0.5, 0.6) is 11.5 Å². The van der Waals surface area contributed by atoms with Gasteiger partial charge in [0.15, 0.2) is 11.5 Å². The molecular weight excluding hydrogens is 408 g/mol. The van der Waals surface area contributed by atoms with Crippen molar-refractivity contribution in [2.45, 2.75) is 6.61 Å². The molecule has 1 fully saturated rings. The number of carbonyl (C=O) groups excluding carboxylic acids is 2. The standard InChI is InChI=1S/C21H18N2O8/c1-30-17-9-12(8-15-19(26)23(10-18(24)25)21(29)22-15)5-6-16(17)31-11-13-3-2-4-14(7-13)20(27)28/h2-9H,10-11H2,1H3,(H,22,29)(H,24,25)(H,27,28)/b15-8+. The molecule has 0 bridgehead atoms. The highest BCUT2D eigenvalue weighted by Gasteiger charge is 2.34. The first kappa shape index (κ1) is 21.4. The van der Waals surface area contributed by atoms with Crippen LogP contribution in [0.3, 0.4) is 0 Å². The Hall–Kier alpha value is -4.34. The molecule has 1 saturated heterocycles. The molecule has 3 rings (SSSR count). The summed E-state index contributed by atoms with van der Waals surface area (Å²) in [6, 6.07) is 10.3. The Morgan fingerprint density at radius 3 is 2.55 bits per heavy atom. The first-order valence-electron chi connectivity index (χ1n) is 8.98. The van der Waals surface area contributed by atoms with Crippen molar-refractivity contribution in [2.24, 2.45) is 0 Å². The molecule has 0 saturated carbocycles. The fourth-order valence-corrected chi connectivity index (χ4v) is 2.87. The van der Waals surface area contributed by atoms with E-state index < -0.39 is 30.4 Å². The SMILES string of the molecule is COc1cc(/C=C2/NC(=O)N(CC(=O)O)C2=O)ccc1OCc1cccc(C(=O)O)c1. The maximum atomic E-state index is 12.2. The van der Waals surface area contributed by atoms with Crippen molar-refractivity contribution in [3.63, 3.8) is 0 Å². The maximum Gasteiger partial charge on any atom is 0.335 e. The van der Waals surface area contributed by atoms with Crippen LogP contribution in [-0.2, 0) is 16.2 Å². The fraction of sp³-hybridized carbons (Fsp3) is 0.143. The minimum Gasteiger partial charge on any atom is -0.493 e. The summed E-state index contributed by atoms with van der Waals surface area (Å²) in [5.41, 5.74) is 1.26. The molecule has 0 aliphatic carbocycles. The number of urea groups is 1. The number of methoxy groups -OCH3 is 1. The van der Waals surface area contributed by atoms with Gasteiger partial charge in [-0.3, -0.25) is 9.59 Å². The summed E-state index contributed by atoms with van der Waals surface area (Å²) < 4.78 is 11.0. The van der Waals surface area contributed by atoms with Gasteiger partial charge in [-0.2, -0.15) is 0 Å². The molecule has 1 heterocycles. The third-order valence-electron chi connectivity index (χ3n) is 4.32. The molecule has 0 unspecified atom stereocenters. The lowest BCUT2D eigenvalue weighted by Crippen LogP contribution is -2.35. The van der Waals surface area contributed by atoms with E-state index in [4.69, 9.17) is 19.7 Å². The Bertz CT molecular complexity index is 1090. The van der Waals surface area contributed by atoms with Crippen LogP contribution in [0.2, 0.25) is 0 Å². The van der Waals surface area contributed by atoms with E-state index in [1.54, 1.807) is 30.3 Å². The van der Waals surface area contributed by atoms with Crippen LogP contribution >= 0.6 is 0 Å². The summed E-state index contributed by atoms with van der Waals surface area (Å²) in [5.74, 6) is -2.35. The fourth-order valence-electron chi connectivity index (χ4n) is 2.87. The second-order valence-corrected chi connectivity index (χ2v) is 6.48. The predicted octanol–water partition coefficient (Wildman–Crippen LogP) is 1.95. The molecule has 31 heavy (non-hydrogen) atoms. The highest BCUT2D eigenvalue weighted by molar-refractivity contribution is 6.15. The Kier molecular flexibility index (Phi) is 6.20. The number of imide groups is 1. The molecule has 0 spiro atoms. The van der Waals surface area contributed by atoms with Gasteiger partial charge in [0.25, 0.3) is 5.91 Å². The van der Waals surface area contributed by atoms with Gasteiger partial charge in [0.1, 0.15) is 18.8 Å². The summed E-state index contributed by atoms with van der Waals surface area (Å²) >= 11 is 0. The van der Waals surface area contributed by atoms with E-state index in [-0.39, 0.29) is 17.9 Å². The van der Waals surface area contributed by atoms with Crippen molar-refractivity contribution in [3.8, 4) is 11.5 Å². The minimum atomic E-state index is -1.30. The number of aromatic carboxylic acids is 1. The Labute approximate surface area is 176 Å². The average molecular weight is 426 g/mol. The zero-order valence-corrected chi connectivity index (χ0v) is 16.3. The van der Waals surface area contributed by atoms with Gasteiger partial charge in [-0.1, -0.05) is 18.2 Å². The largest absolute Gasteiger partial charge is 0.493 e. The summed E-state index contributed by atoms with van der Waals surface area (Å²) in [5, 5.41) is 20.2. The van der Waals surface area contributed by atoms with Gasteiger partial charge in [-0.15, -0.1) is 0 Å². The molecule has 0 atom stereocenters. The van der Waals surface area contributed by atoms with Crippen LogP contribution in [0.1, 0.15) is 21.5 Å². The first-order chi connectivity index (χ1) is 14.8. The van der Waals surface area contributed by atoms with Gasteiger partial charge in [0.05, 0.1) is 12.7 Å². The quantitative estimate of drug-likeness (QED) is 0.429. The minimum absolute atomic E-state index is 0.0625. The van der Waals surface area contributed by atoms with Crippen molar-refractivity contribution in [3.05, 3.63) is 64.9 Å². The zero-order valence-electron chi connectivity index (χ0n) is 16.3. The average Bonchev–Trinajstić information content (AvgIpc) is 2.99. The molecule has 0 radical (unpaired) electrons. The second kappa shape index (κ2) is 8.99. The molecule has 160 valence electrons. The maximum absolute atomic E-state index is 12.2. The van der Waals surface area contributed by atoms with Gasteiger partial charge < -0.3 is 25.0 Å². The smallest absolute Gasteiger partial charge is 0.335 e. The van der Waals surface area contributed by atoms with Crippen LogP contribution < -0.4 is 14.8 Å². The van der Waals surface area contributed by atoms with Crippen LogP contribution in [0.25, 0.3) is 6.08 Å². The summed E-state index contributed by atoms with van der Waals surface area (Å²) in [7, 11) is 1.43. The summed E-state index contributed by atoms with van der Waals surface area (Å²) in [6.07, 6.45) is 1.39. The summed E-state index contributed by atoms with van der Waals surface area (Å²) in [6.45, 7) is -0.627. The van der Waals surface area contributed by atoms with E-state index in [1.165, 1.54) is 25.3 Å². The lowest BCUT2D eigenvalue weighted by Gasteiger charge is -2.12. The molecule has 1 aliphatic heterocycles. The number of nitrogens with zero attached hydrogens (tertiary/aromatic N) is 1. The zero-order chi connectivity index (χ0) is 22.5. The normalized spacial score (nSPS) is 14.5. The number of benzene rings is 2. The predicted molar refractivity (Wildman–Crippen MR) is 107 cm³/mol. The van der Waals surface area contributed by atoms with Crippen LogP contribution in [-0.4, -0.2) is 52.6 Å². The number of rotatable bonds is 8. The van der Waals surface area contributed by atoms with Crippen LogP contribution in [0.4, 0.5) is 4.79 Å². The Morgan fingerprint density at radius 2 is 1.87 bits per heavy atom. The number of ether oxygens (including phenoxy) is 2. The van der Waals surface area contributed by atoms with Crippen LogP contribution in [0, 0.1) is 0 Å². The van der Waals surface area contributed by atoms with E-state index in [9.17, 15) is 19.2 Å². The number of carbonyl (C=O) groups is 4. The number of hydrogen-bond donors (Lipinski definition) is 3. The second-order valence-electron chi connectivity index (χ2n) is 6.48. The van der Waals surface area contributed by atoms with Gasteiger partial charge in [-0.05, 0) is 41.5 Å². The van der Waals surface area contributed by atoms with Gasteiger partial charge >= 0.3 is 18.0 Å². The van der Waals surface area contributed by atoms with E-state index in [2.05, 4.69) is 5.32 Å². The van der Waals surface area contributed by atoms with Gasteiger partial charge in [0, 0.05) is 0 Å². The van der Waals surface area contributed by atoms with E-state index in [0.717, 1.165) is 0 Å². The number of aliphatic carboxylic acids is 1. The van der Waals surface area contributed by atoms with Crippen molar-refractivity contribution < 1.29 is 38.9 Å². The monoisotopic (exact) mass is 426 g/mol. The number of nitrogens with one attached hydrogen (secondary N) is 1. The van der Waals surface area contributed by atoms with Gasteiger partial charge in [-0.25, -0.2) is 14.5 Å². The molecule has 3 amide bonds. The van der Waals surface area contributed by atoms with Gasteiger partial charge in [0.2, 0.25) is 0 Å². The molecule has 2 aromatic rings. The number of carboxylic acids is 2. The number of hydrogen-bond acceptors (Lipinski definition) is 6. The Morgan fingerprint density at radius 1 is 1.10 bits per heavy atom. The molecule has 1 aliphatic rings. The van der Waals surface area contributed by atoms with E-state index in [0.29, 0.717) is 27.5 Å². The molecule has 10 heteroatoms. The lowest BCUT2D eigenvalue weighted by atomic mass is 10.1. The van der Waals surface area contributed by atoms with Crippen LogP contribution in [0.15, 0.2) is 48.2 Å². The third kappa shape index (κ3) is 4.99. The molecule has 10 nitrogen and oxygen atoms in total. The highest BCUT2D eigenvalue weighted by Crippen LogP contribution is 2.30. The van der Waals surface area contributed by atoms with Crippen molar-refractivity contribution in [2.75, 3.05) is 13.7 Å².